The Balaban J connectivity index is 2.47. The van der Waals surface area contributed by atoms with Crippen molar-refractivity contribution in [1.82, 2.24) is 10.7 Å². The quantitative estimate of drug-likeness (QED) is 0.454. The zero-order valence-corrected chi connectivity index (χ0v) is 9.24. The first-order chi connectivity index (χ1) is 8.13. The second-order valence-electron chi connectivity index (χ2n) is 3.11. The maximum atomic E-state index is 12.6. The number of halogens is 1. The van der Waals surface area contributed by atoms with Crippen LogP contribution in [0.15, 0.2) is 29.4 Å². The maximum Gasteiger partial charge on any atom is 0.329 e. The van der Waals surface area contributed by atoms with Crippen molar-refractivity contribution in [3.63, 3.8) is 0 Å². The van der Waals surface area contributed by atoms with Crippen LogP contribution in [-0.4, -0.2) is 24.6 Å². The average molecular weight is 237 g/mol. The molecule has 0 heterocycles. The minimum Gasteiger partial charge on any atom is -0.348 e. The molecule has 2 amide bonds. The van der Waals surface area contributed by atoms with E-state index in [1.165, 1.54) is 30.5 Å². The van der Waals surface area contributed by atoms with Crippen LogP contribution in [0.1, 0.15) is 12.5 Å². The standard InChI is InChI=1S/C11H12FN3O2/c1-2-13-10(16)11(17)15-14-7-8-3-5-9(12)6-4-8/h3-7H,2H2,1H3,(H,13,16)(H,15,17)/b14-7+. The molecule has 0 bridgehead atoms. The number of hydrogen-bond donors (Lipinski definition) is 2. The number of rotatable bonds is 3. The Kier molecular flexibility index (Phi) is 4.80. The van der Waals surface area contributed by atoms with Gasteiger partial charge in [0.1, 0.15) is 5.82 Å². The molecular formula is C11H12FN3O2. The lowest BCUT2D eigenvalue weighted by Crippen LogP contribution is -2.37. The van der Waals surface area contributed by atoms with E-state index in [-0.39, 0.29) is 5.82 Å². The van der Waals surface area contributed by atoms with Crippen LogP contribution in [0, 0.1) is 5.82 Å². The lowest BCUT2D eigenvalue weighted by Gasteiger charge is -1.99. The number of carbonyl (C=O) groups is 2. The fourth-order valence-corrected chi connectivity index (χ4v) is 1.01. The van der Waals surface area contributed by atoms with E-state index in [2.05, 4.69) is 15.8 Å². The Morgan fingerprint density at radius 3 is 2.53 bits per heavy atom. The summed E-state index contributed by atoms with van der Waals surface area (Å²) >= 11 is 0. The summed E-state index contributed by atoms with van der Waals surface area (Å²) in [6, 6.07) is 5.54. The number of hydrazone groups is 1. The predicted molar refractivity (Wildman–Crippen MR) is 60.8 cm³/mol. The van der Waals surface area contributed by atoms with Crippen LogP contribution in [0.3, 0.4) is 0 Å². The van der Waals surface area contributed by atoms with Gasteiger partial charge in [-0.25, -0.2) is 9.82 Å². The van der Waals surface area contributed by atoms with Crippen LogP contribution in [0.2, 0.25) is 0 Å². The van der Waals surface area contributed by atoms with Crippen LogP contribution in [0.5, 0.6) is 0 Å². The molecule has 0 radical (unpaired) electrons. The van der Waals surface area contributed by atoms with Crippen molar-refractivity contribution < 1.29 is 14.0 Å². The van der Waals surface area contributed by atoms with Gasteiger partial charge in [-0.1, -0.05) is 12.1 Å². The van der Waals surface area contributed by atoms with E-state index in [4.69, 9.17) is 0 Å². The molecule has 6 heteroatoms. The Labute approximate surface area is 97.7 Å². The van der Waals surface area contributed by atoms with Gasteiger partial charge in [-0.05, 0) is 24.6 Å². The van der Waals surface area contributed by atoms with Crippen LogP contribution in [0.25, 0.3) is 0 Å². The molecule has 0 aliphatic rings. The molecule has 0 fully saturated rings. The fourth-order valence-electron chi connectivity index (χ4n) is 1.01. The maximum absolute atomic E-state index is 12.6. The second-order valence-corrected chi connectivity index (χ2v) is 3.11. The smallest absolute Gasteiger partial charge is 0.329 e. The molecule has 17 heavy (non-hydrogen) atoms. The van der Waals surface area contributed by atoms with E-state index in [0.29, 0.717) is 12.1 Å². The molecule has 2 N–H and O–H groups in total. The highest BCUT2D eigenvalue weighted by Crippen LogP contribution is 1.99. The zero-order valence-electron chi connectivity index (χ0n) is 9.24. The van der Waals surface area contributed by atoms with Gasteiger partial charge < -0.3 is 5.32 Å². The zero-order chi connectivity index (χ0) is 12.7. The van der Waals surface area contributed by atoms with Gasteiger partial charge in [0.25, 0.3) is 0 Å². The number of amides is 2. The first-order valence-corrected chi connectivity index (χ1v) is 5.00. The number of carbonyl (C=O) groups excluding carboxylic acids is 2. The van der Waals surface area contributed by atoms with Crippen molar-refractivity contribution in [2.45, 2.75) is 6.92 Å². The van der Waals surface area contributed by atoms with Crippen molar-refractivity contribution in [3.8, 4) is 0 Å². The summed E-state index contributed by atoms with van der Waals surface area (Å²) in [7, 11) is 0. The summed E-state index contributed by atoms with van der Waals surface area (Å²) < 4.78 is 12.6. The second kappa shape index (κ2) is 6.37. The highest BCUT2D eigenvalue weighted by Gasteiger charge is 2.09. The third kappa shape index (κ3) is 4.42. The summed E-state index contributed by atoms with van der Waals surface area (Å²) in [5.41, 5.74) is 2.67. The average Bonchev–Trinajstić information content (AvgIpc) is 2.32. The summed E-state index contributed by atoms with van der Waals surface area (Å²) in [5, 5.41) is 5.89. The third-order valence-electron chi connectivity index (χ3n) is 1.79. The Morgan fingerprint density at radius 1 is 1.29 bits per heavy atom. The lowest BCUT2D eigenvalue weighted by molar-refractivity contribution is -0.139. The molecule has 1 aromatic rings. The van der Waals surface area contributed by atoms with Crippen molar-refractivity contribution in [3.05, 3.63) is 35.6 Å². The minimum atomic E-state index is -0.842. The van der Waals surface area contributed by atoms with Gasteiger partial charge >= 0.3 is 11.8 Å². The van der Waals surface area contributed by atoms with E-state index in [9.17, 15) is 14.0 Å². The van der Waals surface area contributed by atoms with Crippen molar-refractivity contribution in [2.75, 3.05) is 6.54 Å². The minimum absolute atomic E-state index is 0.353. The van der Waals surface area contributed by atoms with Gasteiger partial charge in [0.05, 0.1) is 6.21 Å². The topological polar surface area (TPSA) is 70.6 Å². The molecule has 0 aliphatic heterocycles. The predicted octanol–water partition coefficient (Wildman–Crippen LogP) is 0.412. The highest BCUT2D eigenvalue weighted by molar-refractivity contribution is 6.35. The van der Waals surface area contributed by atoms with E-state index in [0.717, 1.165) is 0 Å². The van der Waals surface area contributed by atoms with Gasteiger partial charge in [0.2, 0.25) is 0 Å². The molecule has 0 aliphatic carbocycles. The molecule has 0 aromatic heterocycles. The number of likely N-dealkylation sites (N-methyl/N-ethyl adjacent to an activating group) is 1. The van der Waals surface area contributed by atoms with Gasteiger partial charge in [-0.2, -0.15) is 5.10 Å². The first kappa shape index (κ1) is 12.8. The van der Waals surface area contributed by atoms with Gasteiger partial charge in [-0.15, -0.1) is 0 Å². The van der Waals surface area contributed by atoms with Gasteiger partial charge in [0.15, 0.2) is 0 Å². The molecule has 5 nitrogen and oxygen atoms in total. The van der Waals surface area contributed by atoms with E-state index in [1.807, 2.05) is 0 Å². The summed E-state index contributed by atoms with van der Waals surface area (Å²) in [6.45, 7) is 2.07. The molecule has 1 rings (SSSR count). The van der Waals surface area contributed by atoms with E-state index < -0.39 is 11.8 Å². The van der Waals surface area contributed by atoms with Crippen LogP contribution in [-0.2, 0) is 9.59 Å². The number of benzene rings is 1. The molecule has 0 unspecified atom stereocenters. The lowest BCUT2D eigenvalue weighted by atomic mass is 10.2. The monoisotopic (exact) mass is 237 g/mol. The SMILES string of the molecule is CCNC(=O)C(=O)N/N=C/c1ccc(F)cc1. The molecule has 0 saturated carbocycles. The summed E-state index contributed by atoms with van der Waals surface area (Å²) in [5.74, 6) is -1.94. The van der Waals surface area contributed by atoms with Crippen molar-refractivity contribution in [2.24, 2.45) is 5.10 Å². The Morgan fingerprint density at radius 2 is 1.94 bits per heavy atom. The van der Waals surface area contributed by atoms with Crippen molar-refractivity contribution >= 4 is 18.0 Å². The Hall–Kier alpha value is -2.24. The molecule has 0 spiro atoms. The fraction of sp³-hybridized carbons (Fsp3) is 0.182. The highest BCUT2D eigenvalue weighted by atomic mass is 19.1. The summed E-state index contributed by atoms with van der Waals surface area (Å²) in [6.07, 6.45) is 1.32. The first-order valence-electron chi connectivity index (χ1n) is 5.00. The molecular weight excluding hydrogens is 225 g/mol. The normalized spacial score (nSPS) is 10.2. The van der Waals surface area contributed by atoms with Crippen LogP contribution < -0.4 is 10.7 Å². The number of nitrogens with one attached hydrogen (secondary N) is 2. The van der Waals surface area contributed by atoms with Gasteiger partial charge in [0, 0.05) is 6.54 Å². The van der Waals surface area contributed by atoms with Crippen molar-refractivity contribution in [1.29, 1.82) is 0 Å². The largest absolute Gasteiger partial charge is 0.348 e. The van der Waals surface area contributed by atoms with Gasteiger partial charge in [-0.3, -0.25) is 9.59 Å². The summed E-state index contributed by atoms with van der Waals surface area (Å²) in [4.78, 5) is 22.1. The Bertz CT molecular complexity index is 429. The van der Waals surface area contributed by atoms with E-state index in [1.54, 1.807) is 6.92 Å². The third-order valence-corrected chi connectivity index (χ3v) is 1.79. The van der Waals surface area contributed by atoms with E-state index >= 15 is 0 Å². The molecule has 90 valence electrons. The van der Waals surface area contributed by atoms with Crippen LogP contribution in [0.4, 0.5) is 4.39 Å². The van der Waals surface area contributed by atoms with Crippen LogP contribution >= 0.6 is 0 Å². The molecule has 0 atom stereocenters. The molecule has 0 saturated heterocycles. The molecule has 1 aromatic carbocycles. The number of nitrogens with zero attached hydrogens (tertiary/aromatic N) is 1. The number of hydrogen-bond acceptors (Lipinski definition) is 3.